The Hall–Kier alpha value is -0.590. The summed E-state index contributed by atoms with van der Waals surface area (Å²) in [4.78, 5) is 10.3. The average molecular weight is 252 g/mol. The summed E-state index contributed by atoms with van der Waals surface area (Å²) >= 11 is 0. The fraction of sp³-hybridized carbons (Fsp3) is 0.824. The molecule has 1 heteroatoms. The molecule has 0 aliphatic rings. The highest BCUT2D eigenvalue weighted by Gasteiger charge is 1.99. The van der Waals surface area contributed by atoms with E-state index in [-0.39, 0.29) is 0 Å². The van der Waals surface area contributed by atoms with E-state index < -0.39 is 0 Å². The molecule has 0 amide bonds. The van der Waals surface area contributed by atoms with E-state index in [4.69, 9.17) is 0 Å². The highest BCUT2D eigenvalue weighted by Crippen LogP contribution is 2.12. The lowest BCUT2D eigenvalue weighted by atomic mass is 10.0. The van der Waals surface area contributed by atoms with E-state index in [1.54, 1.807) is 0 Å². The van der Waals surface area contributed by atoms with Crippen LogP contribution in [0.25, 0.3) is 0 Å². The number of carbonyl (C=O) groups is 1. The summed E-state index contributed by atoms with van der Waals surface area (Å²) in [5.74, 6) is 0.574. The molecule has 1 unspecified atom stereocenters. The Morgan fingerprint density at radius 2 is 1.50 bits per heavy atom. The number of unbranched alkanes of at least 4 members (excludes halogenated alkanes) is 7. The van der Waals surface area contributed by atoms with Gasteiger partial charge in [0.25, 0.3) is 0 Å². The van der Waals surface area contributed by atoms with Gasteiger partial charge in [0.05, 0.1) is 0 Å². The summed E-state index contributed by atoms with van der Waals surface area (Å²) in [5, 5.41) is 0. The monoisotopic (exact) mass is 252 g/mol. The predicted molar refractivity (Wildman–Crippen MR) is 80.8 cm³/mol. The van der Waals surface area contributed by atoms with Crippen molar-refractivity contribution >= 4 is 6.29 Å². The van der Waals surface area contributed by atoms with Crippen molar-refractivity contribution in [3.05, 3.63) is 12.2 Å². The summed E-state index contributed by atoms with van der Waals surface area (Å²) in [6.07, 6.45) is 19.5. The maximum absolute atomic E-state index is 10.3. The van der Waals surface area contributed by atoms with E-state index in [0.29, 0.717) is 5.92 Å². The second-order valence-electron chi connectivity index (χ2n) is 5.47. The fourth-order valence-corrected chi connectivity index (χ4v) is 2.14. The molecule has 0 aromatic carbocycles. The third-order valence-corrected chi connectivity index (χ3v) is 3.46. The number of hydrogen-bond acceptors (Lipinski definition) is 1. The van der Waals surface area contributed by atoms with Gasteiger partial charge in [-0.1, -0.05) is 64.5 Å². The highest BCUT2D eigenvalue weighted by atomic mass is 16.1. The summed E-state index contributed by atoms with van der Waals surface area (Å²) in [6, 6.07) is 0. The molecule has 106 valence electrons. The largest absolute Gasteiger partial charge is 0.303 e. The zero-order valence-electron chi connectivity index (χ0n) is 12.5. The second kappa shape index (κ2) is 14.5. The lowest BCUT2D eigenvalue weighted by Gasteiger charge is -2.05. The molecule has 0 saturated heterocycles. The molecule has 18 heavy (non-hydrogen) atoms. The van der Waals surface area contributed by atoms with Gasteiger partial charge in [-0.25, -0.2) is 0 Å². The van der Waals surface area contributed by atoms with Crippen LogP contribution in [-0.2, 0) is 4.79 Å². The molecule has 0 aliphatic heterocycles. The van der Waals surface area contributed by atoms with Crippen LogP contribution in [0.4, 0.5) is 0 Å². The highest BCUT2D eigenvalue weighted by molar-refractivity contribution is 5.49. The van der Waals surface area contributed by atoms with E-state index in [2.05, 4.69) is 26.0 Å². The first-order valence-corrected chi connectivity index (χ1v) is 7.89. The fourth-order valence-electron chi connectivity index (χ4n) is 2.14. The smallest absolute Gasteiger partial charge is 0.120 e. The van der Waals surface area contributed by atoms with Gasteiger partial charge in [0, 0.05) is 6.42 Å². The minimum absolute atomic E-state index is 0.574. The summed E-state index contributed by atoms with van der Waals surface area (Å²) in [7, 11) is 0. The molecule has 0 N–H and O–H groups in total. The zero-order valence-corrected chi connectivity index (χ0v) is 12.5. The Bertz CT molecular complexity index is 196. The molecule has 0 spiro atoms. The van der Waals surface area contributed by atoms with Crippen molar-refractivity contribution in [2.24, 2.45) is 5.92 Å². The van der Waals surface area contributed by atoms with Crippen LogP contribution >= 0.6 is 0 Å². The van der Waals surface area contributed by atoms with E-state index in [0.717, 1.165) is 12.7 Å². The molecule has 1 nitrogen and oxygen atoms in total. The Morgan fingerprint density at radius 3 is 2.11 bits per heavy atom. The van der Waals surface area contributed by atoms with Crippen molar-refractivity contribution in [3.63, 3.8) is 0 Å². The first-order valence-electron chi connectivity index (χ1n) is 7.89. The molecular formula is C17H32O. The van der Waals surface area contributed by atoms with Gasteiger partial charge in [-0.15, -0.1) is 0 Å². The minimum atomic E-state index is 0.574. The lowest BCUT2D eigenvalue weighted by Crippen LogP contribution is -1.94. The number of allylic oxidation sites excluding steroid dienone is 2. The SMILES string of the molecule is CCCCCCC/C=C/CCCCC(C)CC=O. The number of carbonyl (C=O) groups excluding carboxylic acids is 1. The Kier molecular flexibility index (Phi) is 14.0. The van der Waals surface area contributed by atoms with Crippen molar-refractivity contribution in [1.82, 2.24) is 0 Å². The van der Waals surface area contributed by atoms with Crippen LogP contribution in [0.15, 0.2) is 12.2 Å². The van der Waals surface area contributed by atoms with Gasteiger partial charge < -0.3 is 4.79 Å². The molecular weight excluding hydrogens is 220 g/mol. The second-order valence-corrected chi connectivity index (χ2v) is 5.47. The molecule has 0 aromatic rings. The Morgan fingerprint density at radius 1 is 0.889 bits per heavy atom. The third-order valence-electron chi connectivity index (χ3n) is 3.46. The van der Waals surface area contributed by atoms with Crippen LogP contribution in [0.5, 0.6) is 0 Å². The molecule has 0 bridgehead atoms. The number of rotatable bonds is 13. The Balaban J connectivity index is 3.15. The van der Waals surface area contributed by atoms with Crippen molar-refractivity contribution in [2.45, 2.75) is 84.5 Å². The van der Waals surface area contributed by atoms with Crippen LogP contribution in [-0.4, -0.2) is 6.29 Å². The van der Waals surface area contributed by atoms with E-state index in [1.165, 1.54) is 64.2 Å². The molecule has 0 fully saturated rings. The van der Waals surface area contributed by atoms with Gasteiger partial charge in [0.15, 0.2) is 0 Å². The van der Waals surface area contributed by atoms with E-state index in [9.17, 15) is 4.79 Å². The molecule has 0 heterocycles. The molecule has 0 aliphatic carbocycles. The van der Waals surface area contributed by atoms with E-state index in [1.807, 2.05) is 0 Å². The summed E-state index contributed by atoms with van der Waals surface area (Å²) in [5.41, 5.74) is 0. The number of aldehydes is 1. The number of hydrogen-bond donors (Lipinski definition) is 0. The molecule has 0 rings (SSSR count). The maximum atomic E-state index is 10.3. The van der Waals surface area contributed by atoms with Crippen molar-refractivity contribution in [1.29, 1.82) is 0 Å². The maximum Gasteiger partial charge on any atom is 0.120 e. The van der Waals surface area contributed by atoms with Gasteiger partial charge in [0.2, 0.25) is 0 Å². The van der Waals surface area contributed by atoms with Gasteiger partial charge in [-0.3, -0.25) is 0 Å². The van der Waals surface area contributed by atoms with Crippen LogP contribution < -0.4 is 0 Å². The summed E-state index contributed by atoms with van der Waals surface area (Å²) in [6.45, 7) is 4.43. The molecule has 0 radical (unpaired) electrons. The first-order chi connectivity index (χ1) is 8.81. The topological polar surface area (TPSA) is 17.1 Å². The summed E-state index contributed by atoms with van der Waals surface area (Å²) < 4.78 is 0. The van der Waals surface area contributed by atoms with Crippen molar-refractivity contribution < 1.29 is 4.79 Å². The normalized spacial score (nSPS) is 13.0. The van der Waals surface area contributed by atoms with Gasteiger partial charge in [-0.2, -0.15) is 0 Å². The third kappa shape index (κ3) is 13.5. The quantitative estimate of drug-likeness (QED) is 0.234. The standard InChI is InChI=1S/C17H32O/c1-3-4-5-6-7-8-9-10-11-12-13-14-17(2)15-16-18/h9-10,16-17H,3-8,11-15H2,1-2H3/b10-9+. The van der Waals surface area contributed by atoms with Crippen LogP contribution in [0.1, 0.15) is 84.5 Å². The van der Waals surface area contributed by atoms with Crippen LogP contribution in [0, 0.1) is 5.92 Å². The molecule has 0 aromatic heterocycles. The van der Waals surface area contributed by atoms with Crippen molar-refractivity contribution in [2.75, 3.05) is 0 Å². The minimum Gasteiger partial charge on any atom is -0.303 e. The Labute approximate surface area is 114 Å². The van der Waals surface area contributed by atoms with Gasteiger partial charge in [0.1, 0.15) is 6.29 Å². The van der Waals surface area contributed by atoms with Crippen molar-refractivity contribution in [3.8, 4) is 0 Å². The lowest BCUT2D eigenvalue weighted by molar-refractivity contribution is -0.108. The first kappa shape index (κ1) is 17.4. The molecule has 1 atom stereocenters. The average Bonchev–Trinajstić information content (AvgIpc) is 2.36. The zero-order chi connectivity index (χ0) is 13.5. The van der Waals surface area contributed by atoms with Gasteiger partial charge in [-0.05, 0) is 31.6 Å². The molecule has 0 saturated carbocycles. The van der Waals surface area contributed by atoms with Crippen LogP contribution in [0.2, 0.25) is 0 Å². The van der Waals surface area contributed by atoms with E-state index >= 15 is 0 Å². The predicted octanol–water partition coefficient (Wildman–Crippen LogP) is 5.69. The van der Waals surface area contributed by atoms with Crippen LogP contribution in [0.3, 0.4) is 0 Å². The van der Waals surface area contributed by atoms with Gasteiger partial charge >= 0.3 is 0 Å².